The second kappa shape index (κ2) is 5.90. The SMILES string of the molecule is c1csc(-c2nnc(SCc3ccc4ccccc4n3)o2)c1. The van der Waals surface area contributed by atoms with Gasteiger partial charge in [-0.15, -0.1) is 21.5 Å². The molecule has 0 amide bonds. The summed E-state index contributed by atoms with van der Waals surface area (Å²) < 4.78 is 5.66. The van der Waals surface area contributed by atoms with Gasteiger partial charge >= 0.3 is 0 Å². The molecule has 4 nitrogen and oxygen atoms in total. The molecule has 0 saturated carbocycles. The molecule has 1 aromatic carbocycles. The maximum Gasteiger partial charge on any atom is 0.277 e. The van der Waals surface area contributed by atoms with Gasteiger partial charge < -0.3 is 4.42 Å². The molecule has 0 aliphatic carbocycles. The van der Waals surface area contributed by atoms with Crippen LogP contribution in [-0.2, 0) is 5.75 Å². The smallest absolute Gasteiger partial charge is 0.277 e. The van der Waals surface area contributed by atoms with Gasteiger partial charge in [0.05, 0.1) is 16.1 Å². The Morgan fingerprint density at radius 3 is 2.86 bits per heavy atom. The van der Waals surface area contributed by atoms with Crippen molar-refractivity contribution in [3.63, 3.8) is 0 Å². The topological polar surface area (TPSA) is 51.8 Å². The van der Waals surface area contributed by atoms with Crippen LogP contribution in [0, 0.1) is 0 Å². The van der Waals surface area contributed by atoms with Crippen LogP contribution in [0.2, 0.25) is 0 Å². The standard InChI is InChI=1S/C16H11N3OS2/c1-2-5-13-11(4-1)7-8-12(17-13)10-22-16-19-18-15(20-16)14-6-3-9-21-14/h1-9H,10H2. The first kappa shape index (κ1) is 13.5. The zero-order valence-electron chi connectivity index (χ0n) is 11.5. The van der Waals surface area contributed by atoms with E-state index in [0.29, 0.717) is 16.9 Å². The number of rotatable bonds is 4. The Labute approximate surface area is 135 Å². The summed E-state index contributed by atoms with van der Waals surface area (Å²) in [5.74, 6) is 1.28. The first-order valence-electron chi connectivity index (χ1n) is 6.73. The number of benzene rings is 1. The van der Waals surface area contributed by atoms with Crippen LogP contribution in [-0.4, -0.2) is 15.2 Å². The monoisotopic (exact) mass is 325 g/mol. The summed E-state index contributed by atoms with van der Waals surface area (Å²) >= 11 is 3.09. The van der Waals surface area contributed by atoms with Gasteiger partial charge in [0.2, 0.25) is 0 Å². The van der Waals surface area contributed by atoms with Gasteiger partial charge in [0, 0.05) is 11.1 Å². The fourth-order valence-corrected chi connectivity index (χ4v) is 3.40. The quantitative estimate of drug-likeness (QED) is 0.512. The molecule has 22 heavy (non-hydrogen) atoms. The molecule has 3 heterocycles. The molecule has 0 unspecified atom stereocenters. The van der Waals surface area contributed by atoms with Gasteiger partial charge in [-0.2, -0.15) is 0 Å². The summed E-state index contributed by atoms with van der Waals surface area (Å²) in [7, 11) is 0. The van der Waals surface area contributed by atoms with Gasteiger partial charge in [-0.05, 0) is 23.6 Å². The third-order valence-electron chi connectivity index (χ3n) is 3.14. The minimum atomic E-state index is 0.568. The highest BCUT2D eigenvalue weighted by atomic mass is 32.2. The van der Waals surface area contributed by atoms with Crippen LogP contribution in [0.3, 0.4) is 0 Å². The summed E-state index contributed by atoms with van der Waals surface area (Å²) in [5.41, 5.74) is 2.00. The van der Waals surface area contributed by atoms with Crippen molar-refractivity contribution >= 4 is 34.0 Å². The van der Waals surface area contributed by atoms with Gasteiger partial charge in [0.15, 0.2) is 0 Å². The molecular formula is C16H11N3OS2. The molecule has 3 aromatic heterocycles. The van der Waals surface area contributed by atoms with Gasteiger partial charge in [-0.25, -0.2) is 0 Å². The summed E-state index contributed by atoms with van der Waals surface area (Å²) in [6.45, 7) is 0. The predicted molar refractivity (Wildman–Crippen MR) is 88.9 cm³/mol. The largest absolute Gasteiger partial charge is 0.410 e. The van der Waals surface area contributed by atoms with Gasteiger partial charge in [0.1, 0.15) is 0 Å². The Balaban J connectivity index is 1.49. The van der Waals surface area contributed by atoms with E-state index in [0.717, 1.165) is 21.5 Å². The number of hydrogen-bond acceptors (Lipinski definition) is 6. The van der Waals surface area contributed by atoms with Gasteiger partial charge in [-0.1, -0.05) is 42.1 Å². The molecule has 0 bridgehead atoms. The van der Waals surface area contributed by atoms with Crippen molar-refractivity contribution in [1.29, 1.82) is 0 Å². The van der Waals surface area contributed by atoms with Crippen LogP contribution in [0.25, 0.3) is 21.7 Å². The maximum absolute atomic E-state index is 5.66. The molecule has 0 fully saturated rings. The molecule has 0 spiro atoms. The fraction of sp³-hybridized carbons (Fsp3) is 0.0625. The molecule has 0 aliphatic heterocycles. The van der Waals surface area contributed by atoms with E-state index < -0.39 is 0 Å². The lowest BCUT2D eigenvalue weighted by Gasteiger charge is -2.00. The number of para-hydroxylation sites is 1. The lowest BCUT2D eigenvalue weighted by Crippen LogP contribution is -1.87. The van der Waals surface area contributed by atoms with E-state index in [1.807, 2.05) is 41.8 Å². The summed E-state index contributed by atoms with van der Waals surface area (Å²) in [6, 6.07) is 16.2. The molecule has 4 rings (SSSR count). The third kappa shape index (κ3) is 2.75. The third-order valence-corrected chi connectivity index (χ3v) is 4.85. The van der Waals surface area contributed by atoms with E-state index in [1.165, 1.54) is 11.8 Å². The highest BCUT2D eigenvalue weighted by Crippen LogP contribution is 2.28. The number of pyridine rings is 1. The van der Waals surface area contributed by atoms with E-state index in [-0.39, 0.29) is 0 Å². The molecular weight excluding hydrogens is 314 g/mol. The maximum atomic E-state index is 5.66. The lowest BCUT2D eigenvalue weighted by atomic mass is 10.2. The number of aromatic nitrogens is 3. The number of thiophene rings is 1. The first-order chi connectivity index (χ1) is 10.9. The number of fused-ring (bicyclic) bond motifs is 1. The highest BCUT2D eigenvalue weighted by Gasteiger charge is 2.10. The Hall–Kier alpha value is -2.18. The lowest BCUT2D eigenvalue weighted by molar-refractivity contribution is 0.466. The van der Waals surface area contributed by atoms with E-state index >= 15 is 0 Å². The summed E-state index contributed by atoms with van der Waals surface area (Å²) in [4.78, 5) is 5.63. The Morgan fingerprint density at radius 2 is 1.95 bits per heavy atom. The Kier molecular flexibility index (Phi) is 3.62. The van der Waals surface area contributed by atoms with Crippen molar-refractivity contribution in [2.45, 2.75) is 11.0 Å². The normalized spacial score (nSPS) is 11.1. The first-order valence-corrected chi connectivity index (χ1v) is 8.60. The van der Waals surface area contributed by atoms with E-state index in [9.17, 15) is 0 Å². The van der Waals surface area contributed by atoms with Crippen molar-refractivity contribution < 1.29 is 4.42 Å². The van der Waals surface area contributed by atoms with Crippen molar-refractivity contribution in [2.75, 3.05) is 0 Å². The number of nitrogens with zero attached hydrogens (tertiary/aromatic N) is 3. The zero-order valence-corrected chi connectivity index (χ0v) is 13.1. The second-order valence-electron chi connectivity index (χ2n) is 4.63. The van der Waals surface area contributed by atoms with Crippen LogP contribution in [0.1, 0.15) is 5.69 Å². The van der Waals surface area contributed by atoms with E-state index in [2.05, 4.69) is 27.3 Å². The van der Waals surface area contributed by atoms with Gasteiger partial charge in [0.25, 0.3) is 11.1 Å². The second-order valence-corrected chi connectivity index (χ2v) is 6.51. The number of thioether (sulfide) groups is 1. The van der Waals surface area contributed by atoms with E-state index in [1.54, 1.807) is 11.3 Å². The zero-order chi connectivity index (χ0) is 14.8. The summed E-state index contributed by atoms with van der Waals surface area (Å²) in [5, 5.41) is 11.9. The van der Waals surface area contributed by atoms with E-state index in [4.69, 9.17) is 4.42 Å². The van der Waals surface area contributed by atoms with Crippen molar-refractivity contribution in [3.05, 3.63) is 59.6 Å². The number of hydrogen-bond donors (Lipinski definition) is 0. The molecule has 0 saturated heterocycles. The van der Waals surface area contributed by atoms with Crippen molar-refractivity contribution in [2.24, 2.45) is 0 Å². The van der Waals surface area contributed by atoms with Crippen molar-refractivity contribution in [1.82, 2.24) is 15.2 Å². The van der Waals surface area contributed by atoms with Crippen LogP contribution >= 0.6 is 23.1 Å². The van der Waals surface area contributed by atoms with Crippen LogP contribution in [0.4, 0.5) is 0 Å². The summed E-state index contributed by atoms with van der Waals surface area (Å²) in [6.07, 6.45) is 0. The van der Waals surface area contributed by atoms with Crippen LogP contribution in [0.15, 0.2) is 63.6 Å². The molecule has 6 heteroatoms. The minimum absolute atomic E-state index is 0.568. The molecule has 4 aromatic rings. The average molecular weight is 325 g/mol. The Bertz CT molecular complexity index is 903. The average Bonchev–Trinajstić information content (AvgIpc) is 3.24. The minimum Gasteiger partial charge on any atom is -0.410 e. The molecule has 0 aliphatic rings. The fourth-order valence-electron chi connectivity index (χ4n) is 2.09. The predicted octanol–water partition coefficient (Wildman–Crippen LogP) is 4.64. The Morgan fingerprint density at radius 1 is 1.00 bits per heavy atom. The van der Waals surface area contributed by atoms with Crippen molar-refractivity contribution in [3.8, 4) is 10.8 Å². The van der Waals surface area contributed by atoms with Crippen LogP contribution in [0.5, 0.6) is 0 Å². The molecule has 0 radical (unpaired) electrons. The van der Waals surface area contributed by atoms with Crippen LogP contribution < -0.4 is 0 Å². The van der Waals surface area contributed by atoms with Gasteiger partial charge in [-0.3, -0.25) is 4.98 Å². The highest BCUT2D eigenvalue weighted by molar-refractivity contribution is 7.98. The molecule has 0 N–H and O–H groups in total. The molecule has 0 atom stereocenters. The molecule has 108 valence electrons.